The molecule has 2 aromatic rings. The summed E-state index contributed by atoms with van der Waals surface area (Å²) in [6.45, 7) is 18.0. The molecule has 3 amide bonds. The first-order valence-electron chi connectivity index (χ1n) is 15.6. The number of benzene rings is 2. The number of nitrogens with one attached hydrogen (secondary N) is 2. The highest BCUT2D eigenvalue weighted by Gasteiger charge is 2.39. The van der Waals surface area contributed by atoms with Crippen molar-refractivity contribution in [2.75, 3.05) is 12.0 Å². The van der Waals surface area contributed by atoms with Crippen LogP contribution in [-0.4, -0.2) is 70.1 Å². The molecule has 2 rings (SSSR count). The van der Waals surface area contributed by atoms with Gasteiger partial charge in [0, 0.05) is 12.5 Å². The van der Waals surface area contributed by atoms with E-state index >= 15 is 0 Å². The molecule has 0 heterocycles. The van der Waals surface area contributed by atoms with Gasteiger partial charge in [0.2, 0.25) is 11.8 Å². The SMILES string of the molecule is C=Cc1cccc(C(C(=O)NC(Cc2ccccc2)C(=O)OC(C)(C)C)N(C(=O)C(CCSC)NC(=O)OC(C)(C)C)C(C)C)c1. The standard InChI is InChI=1S/C36H51N3O6S/c1-11-25-18-15-19-27(22-25)30(31(40)37-29(33(42)44-35(4,5)6)23-26-16-13-12-14-17-26)39(24(2)3)32(41)28(20-21-46-10)38-34(43)45-36(7,8)9/h11-19,22,24,28-30H,1,20-21,23H2,2-10H3,(H,37,40)(H,38,43). The van der Waals surface area contributed by atoms with Crippen molar-refractivity contribution in [2.24, 2.45) is 0 Å². The Hall–Kier alpha value is -3.79. The van der Waals surface area contributed by atoms with Crippen molar-refractivity contribution in [1.82, 2.24) is 15.5 Å². The van der Waals surface area contributed by atoms with E-state index in [0.29, 0.717) is 17.7 Å². The van der Waals surface area contributed by atoms with Gasteiger partial charge in [-0.3, -0.25) is 9.59 Å². The van der Waals surface area contributed by atoms with Gasteiger partial charge in [-0.05, 0) is 96.6 Å². The van der Waals surface area contributed by atoms with Crippen LogP contribution in [0.4, 0.5) is 4.79 Å². The maximum absolute atomic E-state index is 14.5. The first-order valence-corrected chi connectivity index (χ1v) is 16.9. The fraction of sp³-hybridized carbons (Fsp3) is 0.500. The van der Waals surface area contributed by atoms with Crippen LogP contribution >= 0.6 is 11.8 Å². The van der Waals surface area contributed by atoms with E-state index in [1.165, 1.54) is 16.7 Å². The van der Waals surface area contributed by atoms with Crippen molar-refractivity contribution in [2.45, 2.75) is 104 Å². The molecule has 3 atom stereocenters. The van der Waals surface area contributed by atoms with E-state index in [1.807, 2.05) is 56.5 Å². The van der Waals surface area contributed by atoms with E-state index < -0.39 is 59.2 Å². The summed E-state index contributed by atoms with van der Waals surface area (Å²) in [6.07, 6.45) is 3.35. The largest absolute Gasteiger partial charge is 0.458 e. The number of carbonyl (C=O) groups is 4. The van der Waals surface area contributed by atoms with E-state index in [9.17, 15) is 19.2 Å². The summed E-state index contributed by atoms with van der Waals surface area (Å²) in [6, 6.07) is 12.9. The van der Waals surface area contributed by atoms with Crippen LogP contribution in [0.15, 0.2) is 61.2 Å². The summed E-state index contributed by atoms with van der Waals surface area (Å²) >= 11 is 1.54. The summed E-state index contributed by atoms with van der Waals surface area (Å²) in [7, 11) is 0. The van der Waals surface area contributed by atoms with Gasteiger partial charge < -0.3 is 25.0 Å². The number of carbonyl (C=O) groups excluding carboxylic acids is 4. The number of nitrogens with zero attached hydrogens (tertiary/aromatic N) is 1. The molecule has 0 aromatic heterocycles. The van der Waals surface area contributed by atoms with Gasteiger partial charge in [0.1, 0.15) is 29.3 Å². The number of alkyl carbamates (subject to hydrolysis) is 1. The first kappa shape index (κ1) is 38.4. The molecule has 0 aliphatic rings. The zero-order chi connectivity index (χ0) is 34.7. The van der Waals surface area contributed by atoms with Gasteiger partial charge in [0.15, 0.2) is 0 Å². The van der Waals surface area contributed by atoms with Crippen molar-refractivity contribution in [3.63, 3.8) is 0 Å². The average molecular weight is 654 g/mol. The lowest BCUT2D eigenvalue weighted by Gasteiger charge is -2.38. The van der Waals surface area contributed by atoms with E-state index in [4.69, 9.17) is 9.47 Å². The summed E-state index contributed by atoms with van der Waals surface area (Å²) in [5.41, 5.74) is 0.564. The molecular formula is C36H51N3O6S. The molecule has 0 saturated carbocycles. The van der Waals surface area contributed by atoms with Gasteiger partial charge in [0.05, 0.1) is 0 Å². The highest BCUT2D eigenvalue weighted by Crippen LogP contribution is 2.27. The average Bonchev–Trinajstić information content (AvgIpc) is 2.95. The Morgan fingerprint density at radius 1 is 0.891 bits per heavy atom. The van der Waals surface area contributed by atoms with Crippen LogP contribution in [-0.2, 0) is 30.3 Å². The molecule has 10 heteroatoms. The minimum Gasteiger partial charge on any atom is -0.458 e. The Bertz CT molecular complexity index is 1330. The summed E-state index contributed by atoms with van der Waals surface area (Å²) in [4.78, 5) is 56.6. The van der Waals surface area contributed by atoms with E-state index in [2.05, 4.69) is 17.2 Å². The third-order valence-corrected chi connectivity index (χ3v) is 7.33. The first-order chi connectivity index (χ1) is 21.5. The molecule has 0 fully saturated rings. The maximum Gasteiger partial charge on any atom is 0.408 e. The van der Waals surface area contributed by atoms with Crippen LogP contribution in [0.2, 0.25) is 0 Å². The van der Waals surface area contributed by atoms with Crippen LogP contribution < -0.4 is 10.6 Å². The van der Waals surface area contributed by atoms with Gasteiger partial charge in [-0.25, -0.2) is 9.59 Å². The quantitative estimate of drug-likeness (QED) is 0.229. The van der Waals surface area contributed by atoms with Gasteiger partial charge in [0.25, 0.3) is 0 Å². The van der Waals surface area contributed by atoms with E-state index in [-0.39, 0.29) is 6.42 Å². The Morgan fingerprint density at radius 2 is 1.52 bits per heavy atom. The van der Waals surface area contributed by atoms with E-state index in [0.717, 1.165) is 11.1 Å². The summed E-state index contributed by atoms with van der Waals surface area (Å²) in [5, 5.41) is 5.66. The lowest BCUT2D eigenvalue weighted by Crippen LogP contribution is -2.56. The fourth-order valence-corrected chi connectivity index (χ4v) is 5.24. The Morgan fingerprint density at radius 3 is 2.07 bits per heavy atom. The predicted molar refractivity (Wildman–Crippen MR) is 185 cm³/mol. The molecule has 0 bridgehead atoms. The lowest BCUT2D eigenvalue weighted by atomic mass is 9.97. The minimum atomic E-state index is -1.15. The molecule has 0 saturated heterocycles. The molecular weight excluding hydrogens is 602 g/mol. The number of amides is 3. The van der Waals surface area contributed by atoms with Gasteiger partial charge in [-0.1, -0.05) is 61.2 Å². The van der Waals surface area contributed by atoms with Crippen LogP contribution in [0, 0.1) is 0 Å². The second-order valence-corrected chi connectivity index (χ2v) is 14.4. The number of rotatable bonds is 14. The molecule has 0 aliphatic heterocycles. The zero-order valence-corrected chi connectivity index (χ0v) is 29.5. The van der Waals surface area contributed by atoms with Crippen molar-refractivity contribution in [3.05, 3.63) is 77.9 Å². The maximum atomic E-state index is 14.5. The molecule has 0 spiro atoms. The number of ether oxygens (including phenoxy) is 2. The van der Waals surface area contributed by atoms with Gasteiger partial charge in [-0.15, -0.1) is 0 Å². The summed E-state index contributed by atoms with van der Waals surface area (Å²) in [5.74, 6) is -1.01. The number of hydrogen-bond acceptors (Lipinski definition) is 7. The normalized spacial score (nSPS) is 13.6. The third kappa shape index (κ3) is 12.5. The monoisotopic (exact) mass is 653 g/mol. The van der Waals surface area contributed by atoms with Crippen LogP contribution in [0.3, 0.4) is 0 Å². The van der Waals surface area contributed by atoms with Crippen LogP contribution in [0.25, 0.3) is 6.08 Å². The zero-order valence-electron chi connectivity index (χ0n) is 28.7. The van der Waals surface area contributed by atoms with Crippen molar-refractivity contribution >= 4 is 41.7 Å². The lowest BCUT2D eigenvalue weighted by molar-refractivity contribution is -0.159. The highest BCUT2D eigenvalue weighted by atomic mass is 32.2. The van der Waals surface area contributed by atoms with Crippen molar-refractivity contribution in [3.8, 4) is 0 Å². The number of esters is 1. The number of hydrogen-bond donors (Lipinski definition) is 2. The third-order valence-electron chi connectivity index (χ3n) is 6.69. The molecule has 9 nitrogen and oxygen atoms in total. The Kier molecular flexibility index (Phi) is 14.4. The Balaban J connectivity index is 2.62. The molecule has 0 radical (unpaired) electrons. The Labute approximate surface area is 278 Å². The molecule has 2 N–H and O–H groups in total. The second kappa shape index (κ2) is 17.2. The van der Waals surface area contributed by atoms with Crippen LogP contribution in [0.5, 0.6) is 0 Å². The fourth-order valence-electron chi connectivity index (χ4n) is 4.76. The predicted octanol–water partition coefficient (Wildman–Crippen LogP) is 6.32. The minimum absolute atomic E-state index is 0.188. The van der Waals surface area contributed by atoms with Crippen LogP contribution in [0.1, 0.15) is 84.5 Å². The molecule has 2 aromatic carbocycles. The molecule has 3 unspecified atom stereocenters. The molecule has 0 aliphatic carbocycles. The van der Waals surface area contributed by atoms with Gasteiger partial charge in [-0.2, -0.15) is 11.8 Å². The topological polar surface area (TPSA) is 114 Å². The number of thioether (sulfide) groups is 1. The smallest absolute Gasteiger partial charge is 0.408 e. The van der Waals surface area contributed by atoms with E-state index in [1.54, 1.807) is 65.8 Å². The summed E-state index contributed by atoms with van der Waals surface area (Å²) < 4.78 is 11.2. The molecule has 252 valence electrons. The molecule has 46 heavy (non-hydrogen) atoms. The second-order valence-electron chi connectivity index (χ2n) is 13.4. The van der Waals surface area contributed by atoms with Crippen molar-refractivity contribution < 1.29 is 28.7 Å². The van der Waals surface area contributed by atoms with Gasteiger partial charge >= 0.3 is 12.1 Å². The highest BCUT2D eigenvalue weighted by molar-refractivity contribution is 7.98. The van der Waals surface area contributed by atoms with Crippen molar-refractivity contribution in [1.29, 1.82) is 0 Å².